The molecule has 0 aromatic heterocycles. The molecule has 2 saturated carbocycles. The molecule has 0 aromatic carbocycles. The molecule has 0 spiro atoms. The van der Waals surface area contributed by atoms with Crippen molar-refractivity contribution in [2.24, 2.45) is 23.7 Å². The van der Waals surface area contributed by atoms with Crippen molar-refractivity contribution in [1.82, 2.24) is 9.62 Å². The molecule has 1 N–H and O–H groups in total. The van der Waals surface area contributed by atoms with Crippen LogP contribution in [0.5, 0.6) is 0 Å². The van der Waals surface area contributed by atoms with Crippen LogP contribution in [0.3, 0.4) is 0 Å². The van der Waals surface area contributed by atoms with E-state index in [1.54, 1.807) is 4.31 Å². The van der Waals surface area contributed by atoms with Crippen molar-refractivity contribution in [1.29, 1.82) is 0 Å². The molecular weight excluding hydrogens is 272 g/mol. The van der Waals surface area contributed by atoms with Gasteiger partial charge in [0.1, 0.15) is 0 Å². The second kappa shape index (κ2) is 5.93. The lowest BCUT2D eigenvalue weighted by atomic mass is 9.88. The smallest absolute Gasteiger partial charge is 0.211 e. The van der Waals surface area contributed by atoms with Crippen molar-refractivity contribution >= 4 is 10.0 Å². The molecular formula is C15H28N2O2S. The number of hydrogen-bond donors (Lipinski definition) is 1. The van der Waals surface area contributed by atoms with Gasteiger partial charge in [-0.2, -0.15) is 0 Å². The third-order valence-corrected chi connectivity index (χ3v) is 6.94. The van der Waals surface area contributed by atoms with E-state index < -0.39 is 10.0 Å². The highest BCUT2D eigenvalue weighted by atomic mass is 32.2. The van der Waals surface area contributed by atoms with Gasteiger partial charge >= 0.3 is 0 Å². The van der Waals surface area contributed by atoms with Gasteiger partial charge in [-0.3, -0.25) is 0 Å². The van der Waals surface area contributed by atoms with Crippen LogP contribution < -0.4 is 5.32 Å². The summed E-state index contributed by atoms with van der Waals surface area (Å²) in [5, 5.41) is 3.63. The Hall–Kier alpha value is -0.130. The quantitative estimate of drug-likeness (QED) is 0.840. The van der Waals surface area contributed by atoms with Gasteiger partial charge < -0.3 is 5.32 Å². The topological polar surface area (TPSA) is 49.4 Å². The fraction of sp³-hybridized carbons (Fsp3) is 1.00. The van der Waals surface area contributed by atoms with E-state index in [2.05, 4.69) is 5.32 Å². The molecule has 2 bridgehead atoms. The van der Waals surface area contributed by atoms with E-state index in [0.717, 1.165) is 43.7 Å². The van der Waals surface area contributed by atoms with Gasteiger partial charge in [-0.25, -0.2) is 12.7 Å². The molecule has 4 nitrogen and oxygen atoms in total. The van der Waals surface area contributed by atoms with Crippen molar-refractivity contribution in [2.45, 2.75) is 38.5 Å². The lowest BCUT2D eigenvalue weighted by Gasteiger charge is -2.31. The van der Waals surface area contributed by atoms with Gasteiger partial charge in [0.25, 0.3) is 0 Å². The standard InChI is InChI=1S/C15H28N2O2S/c1-20(18,19)17-6-2-3-13(11-17)9-16-10-15-8-12-4-5-14(15)7-12/h12-16H,2-11H2,1H3. The maximum absolute atomic E-state index is 11.6. The van der Waals surface area contributed by atoms with E-state index in [4.69, 9.17) is 0 Å². The summed E-state index contributed by atoms with van der Waals surface area (Å²) < 4.78 is 24.9. The van der Waals surface area contributed by atoms with Gasteiger partial charge in [-0.05, 0) is 68.9 Å². The Morgan fingerprint density at radius 1 is 1.15 bits per heavy atom. The van der Waals surface area contributed by atoms with Crippen molar-refractivity contribution in [3.8, 4) is 0 Å². The van der Waals surface area contributed by atoms with Crippen LogP contribution in [0, 0.1) is 23.7 Å². The molecule has 0 aromatic rings. The maximum atomic E-state index is 11.6. The molecule has 3 fully saturated rings. The van der Waals surface area contributed by atoms with Gasteiger partial charge in [0, 0.05) is 13.1 Å². The van der Waals surface area contributed by atoms with Gasteiger partial charge in [-0.1, -0.05) is 6.42 Å². The SMILES string of the molecule is CS(=O)(=O)N1CCCC(CNCC2CC3CCC2C3)C1. The molecule has 1 aliphatic heterocycles. The Labute approximate surface area is 123 Å². The normalized spacial score (nSPS) is 38.5. The minimum Gasteiger partial charge on any atom is -0.316 e. The summed E-state index contributed by atoms with van der Waals surface area (Å²) in [7, 11) is -3.00. The molecule has 1 saturated heterocycles. The molecule has 0 radical (unpaired) electrons. The summed E-state index contributed by atoms with van der Waals surface area (Å²) in [6.07, 6.45) is 9.31. The Morgan fingerprint density at radius 3 is 2.65 bits per heavy atom. The number of piperidine rings is 1. The van der Waals surface area contributed by atoms with E-state index in [1.807, 2.05) is 0 Å². The van der Waals surface area contributed by atoms with Crippen molar-refractivity contribution in [3.05, 3.63) is 0 Å². The largest absolute Gasteiger partial charge is 0.316 e. The predicted octanol–water partition coefficient (Wildman–Crippen LogP) is 1.68. The molecule has 20 heavy (non-hydrogen) atoms. The average molecular weight is 300 g/mol. The third-order valence-electron chi connectivity index (χ3n) is 5.67. The highest BCUT2D eigenvalue weighted by Gasteiger charge is 2.39. The van der Waals surface area contributed by atoms with Crippen molar-refractivity contribution in [3.63, 3.8) is 0 Å². The van der Waals surface area contributed by atoms with Crippen LogP contribution in [-0.2, 0) is 10.0 Å². The fourth-order valence-electron chi connectivity index (χ4n) is 4.59. The van der Waals surface area contributed by atoms with Crippen LogP contribution in [-0.4, -0.2) is 45.2 Å². The highest BCUT2D eigenvalue weighted by Crippen LogP contribution is 2.47. The van der Waals surface area contributed by atoms with Crippen LogP contribution in [0.4, 0.5) is 0 Å². The third kappa shape index (κ3) is 3.37. The Balaban J connectivity index is 1.40. The molecule has 3 aliphatic rings. The first-order valence-electron chi connectivity index (χ1n) is 8.18. The number of nitrogens with zero attached hydrogens (tertiary/aromatic N) is 1. The number of nitrogens with one attached hydrogen (secondary N) is 1. The number of rotatable bonds is 5. The van der Waals surface area contributed by atoms with Gasteiger partial charge in [0.05, 0.1) is 6.26 Å². The molecule has 0 amide bonds. The zero-order valence-electron chi connectivity index (χ0n) is 12.6. The first kappa shape index (κ1) is 14.8. The van der Waals surface area contributed by atoms with E-state index in [0.29, 0.717) is 19.0 Å². The van der Waals surface area contributed by atoms with Crippen LogP contribution in [0.15, 0.2) is 0 Å². The zero-order valence-corrected chi connectivity index (χ0v) is 13.4. The number of fused-ring (bicyclic) bond motifs is 2. The van der Waals surface area contributed by atoms with E-state index in [9.17, 15) is 8.42 Å². The summed E-state index contributed by atoms with van der Waals surface area (Å²) in [6.45, 7) is 3.56. The fourth-order valence-corrected chi connectivity index (χ4v) is 5.54. The molecule has 4 unspecified atom stereocenters. The maximum Gasteiger partial charge on any atom is 0.211 e. The molecule has 116 valence electrons. The lowest BCUT2D eigenvalue weighted by molar-refractivity contribution is 0.249. The minimum absolute atomic E-state index is 0.497. The van der Waals surface area contributed by atoms with E-state index in [1.165, 1.54) is 31.9 Å². The first-order valence-corrected chi connectivity index (χ1v) is 10.0. The number of hydrogen-bond acceptors (Lipinski definition) is 3. The molecule has 3 rings (SSSR count). The molecule has 4 atom stereocenters. The summed E-state index contributed by atoms with van der Waals surface area (Å²) >= 11 is 0. The van der Waals surface area contributed by atoms with Crippen molar-refractivity contribution < 1.29 is 8.42 Å². The van der Waals surface area contributed by atoms with Gasteiger partial charge in [0.15, 0.2) is 0 Å². The Morgan fingerprint density at radius 2 is 2.00 bits per heavy atom. The van der Waals surface area contributed by atoms with Gasteiger partial charge in [0.2, 0.25) is 10.0 Å². The summed E-state index contributed by atoms with van der Waals surface area (Å²) in [5.74, 6) is 3.38. The Kier molecular flexibility index (Phi) is 4.39. The Bertz CT molecular complexity index is 437. The second-order valence-corrected chi connectivity index (χ2v) is 9.20. The highest BCUT2D eigenvalue weighted by molar-refractivity contribution is 7.88. The lowest BCUT2D eigenvalue weighted by Crippen LogP contribution is -2.43. The van der Waals surface area contributed by atoms with Gasteiger partial charge in [-0.15, -0.1) is 0 Å². The van der Waals surface area contributed by atoms with E-state index >= 15 is 0 Å². The number of sulfonamides is 1. The average Bonchev–Trinajstić information content (AvgIpc) is 3.00. The van der Waals surface area contributed by atoms with Crippen molar-refractivity contribution in [2.75, 3.05) is 32.4 Å². The minimum atomic E-state index is -3.00. The van der Waals surface area contributed by atoms with Crippen LogP contribution in [0.25, 0.3) is 0 Å². The summed E-state index contributed by atoms with van der Waals surface area (Å²) in [6, 6.07) is 0. The van der Waals surface area contributed by atoms with Crippen LogP contribution in [0.2, 0.25) is 0 Å². The first-order chi connectivity index (χ1) is 9.52. The van der Waals surface area contributed by atoms with Crippen LogP contribution in [0.1, 0.15) is 38.5 Å². The van der Waals surface area contributed by atoms with Crippen LogP contribution >= 0.6 is 0 Å². The molecule has 5 heteroatoms. The summed E-state index contributed by atoms with van der Waals surface area (Å²) in [4.78, 5) is 0. The predicted molar refractivity (Wildman–Crippen MR) is 80.9 cm³/mol. The second-order valence-electron chi connectivity index (χ2n) is 7.22. The monoisotopic (exact) mass is 300 g/mol. The van der Waals surface area contributed by atoms with E-state index in [-0.39, 0.29) is 0 Å². The molecule has 2 aliphatic carbocycles. The molecule has 1 heterocycles. The zero-order chi connectivity index (χ0) is 14.2. The summed E-state index contributed by atoms with van der Waals surface area (Å²) in [5.41, 5.74) is 0.